The van der Waals surface area contributed by atoms with Crippen LogP contribution in [0, 0.1) is 5.92 Å². The van der Waals surface area contributed by atoms with Gasteiger partial charge in [-0.05, 0) is 66.0 Å². The van der Waals surface area contributed by atoms with E-state index in [1.54, 1.807) is 0 Å². The van der Waals surface area contributed by atoms with Crippen molar-refractivity contribution >= 4 is 44.8 Å². The Labute approximate surface area is 229 Å². The van der Waals surface area contributed by atoms with E-state index in [2.05, 4.69) is 19.5 Å². The third kappa shape index (κ3) is 6.23. The number of rotatable bonds is 8. The zero-order valence-corrected chi connectivity index (χ0v) is 22.6. The number of aliphatic hydroxyl groups is 1. The maximum Gasteiger partial charge on any atom is 0.333 e. The van der Waals surface area contributed by atoms with Gasteiger partial charge in [0.05, 0.1) is 23.2 Å². The van der Waals surface area contributed by atoms with Gasteiger partial charge in [-0.1, -0.05) is 17.7 Å². The molecule has 13 heteroatoms. The molecule has 1 aromatic carbocycles. The molecule has 1 aliphatic heterocycles. The number of aryl methyl sites for hydroxylation is 1. The fraction of sp³-hybridized carbons (Fsp3) is 0.400. The van der Waals surface area contributed by atoms with Gasteiger partial charge in [-0.2, -0.15) is 8.42 Å². The number of fused-ring (bicyclic) bond motifs is 1. The lowest BCUT2D eigenvalue weighted by Gasteiger charge is -2.17. The van der Waals surface area contributed by atoms with Crippen molar-refractivity contribution in [3.05, 3.63) is 74.3 Å². The van der Waals surface area contributed by atoms with Crippen molar-refractivity contribution in [2.45, 2.75) is 43.9 Å². The minimum absolute atomic E-state index is 0.219. The maximum absolute atomic E-state index is 13.5. The number of hydrogen-bond acceptors (Lipinski definition) is 10. The molecule has 5 rings (SSSR count). The summed E-state index contributed by atoms with van der Waals surface area (Å²) in [5.41, 5.74) is 3.37. The first-order chi connectivity index (χ1) is 18.2. The summed E-state index contributed by atoms with van der Waals surface area (Å²) in [5, 5.41) is 21.0. The van der Waals surface area contributed by atoms with Crippen molar-refractivity contribution in [1.82, 2.24) is 9.97 Å². The van der Waals surface area contributed by atoms with E-state index in [0.29, 0.717) is 40.7 Å². The van der Waals surface area contributed by atoms with Gasteiger partial charge >= 0.3 is 10.3 Å². The monoisotopic (exact) mass is 578 g/mol. The number of carbonyl (C=O) groups is 1. The van der Waals surface area contributed by atoms with Gasteiger partial charge in [0.1, 0.15) is 18.2 Å². The van der Waals surface area contributed by atoms with Gasteiger partial charge in [0.15, 0.2) is 0 Å². The molecule has 2 aliphatic rings. The van der Waals surface area contributed by atoms with E-state index in [9.17, 15) is 18.3 Å². The zero-order chi connectivity index (χ0) is 26.9. The molecule has 38 heavy (non-hydrogen) atoms. The first kappa shape index (κ1) is 27.1. The number of hydrogen-bond donors (Lipinski definition) is 3. The van der Waals surface area contributed by atoms with Crippen LogP contribution in [0.5, 0.6) is 0 Å². The average Bonchev–Trinajstić information content (AvgIpc) is 3.44. The summed E-state index contributed by atoms with van der Waals surface area (Å²) in [4.78, 5) is 22.3. The highest BCUT2D eigenvalue weighted by atomic mass is 35.5. The summed E-state index contributed by atoms with van der Waals surface area (Å²) in [6.07, 6.45) is 4.25. The minimum atomic E-state index is -4.10. The predicted molar refractivity (Wildman–Crippen MR) is 143 cm³/mol. The summed E-state index contributed by atoms with van der Waals surface area (Å²) >= 11 is 7.60. The number of anilines is 1. The molecule has 4 N–H and O–H groups in total. The normalized spacial score (nSPS) is 23.6. The standard InChI is InChI=1S/C25H27ClN4O6S2/c26-17-4-3-14-2-1-5-35-24(19(14)8-17)16-7-22(37-12-16)23(32)20-10-28-13-29-25(20)30-18-6-15(21(31)9-18)11-36-38(27,33)34/h3-4,7-8,10,12-13,15,18,21,24,31H,1-2,5-6,9,11H2,(H2,27,33,34)(H,28,29,30)/t15-,18-,21+,24-/m1/s1. The van der Waals surface area contributed by atoms with Crippen molar-refractivity contribution in [3.8, 4) is 0 Å². The third-order valence-electron chi connectivity index (χ3n) is 6.81. The van der Waals surface area contributed by atoms with Crippen LogP contribution < -0.4 is 10.5 Å². The van der Waals surface area contributed by atoms with Gasteiger partial charge in [0.2, 0.25) is 5.78 Å². The van der Waals surface area contributed by atoms with Crippen LogP contribution in [0.2, 0.25) is 5.02 Å². The van der Waals surface area contributed by atoms with E-state index in [4.69, 9.17) is 21.5 Å². The van der Waals surface area contributed by atoms with Crippen LogP contribution in [0.3, 0.4) is 0 Å². The molecule has 0 spiro atoms. The van der Waals surface area contributed by atoms with Crippen LogP contribution in [0.15, 0.2) is 42.2 Å². The van der Waals surface area contributed by atoms with Gasteiger partial charge in [0.25, 0.3) is 0 Å². The summed E-state index contributed by atoms with van der Waals surface area (Å²) in [7, 11) is -4.10. The Morgan fingerprint density at radius 1 is 1.32 bits per heavy atom. The molecule has 3 aromatic rings. The lowest BCUT2D eigenvalue weighted by Crippen LogP contribution is -2.24. The number of benzene rings is 1. The number of thiophene rings is 1. The van der Waals surface area contributed by atoms with Gasteiger partial charge in [0, 0.05) is 29.8 Å². The molecule has 0 amide bonds. The fourth-order valence-electron chi connectivity index (χ4n) is 4.99. The van der Waals surface area contributed by atoms with Crippen LogP contribution in [-0.4, -0.2) is 54.6 Å². The molecule has 4 atom stereocenters. The molecule has 1 fully saturated rings. The van der Waals surface area contributed by atoms with Crippen molar-refractivity contribution in [2.24, 2.45) is 11.1 Å². The Hall–Kier alpha value is -2.45. The smallest absolute Gasteiger partial charge is 0.333 e. The quantitative estimate of drug-likeness (QED) is 0.342. The van der Waals surface area contributed by atoms with E-state index in [1.807, 2.05) is 29.6 Å². The summed E-state index contributed by atoms with van der Waals surface area (Å²) in [6.45, 7) is 0.385. The van der Waals surface area contributed by atoms with Crippen molar-refractivity contribution in [1.29, 1.82) is 0 Å². The van der Waals surface area contributed by atoms with Gasteiger partial charge in [-0.3, -0.25) is 8.98 Å². The molecule has 0 saturated heterocycles. The molecule has 1 saturated carbocycles. The Bertz CT molecular complexity index is 1430. The van der Waals surface area contributed by atoms with E-state index >= 15 is 0 Å². The Balaban J connectivity index is 1.33. The Morgan fingerprint density at radius 2 is 2.16 bits per heavy atom. The van der Waals surface area contributed by atoms with Crippen LogP contribution in [0.25, 0.3) is 0 Å². The topological polar surface area (TPSA) is 154 Å². The van der Waals surface area contributed by atoms with Crippen LogP contribution in [0.1, 0.15) is 57.3 Å². The highest BCUT2D eigenvalue weighted by molar-refractivity contribution is 7.84. The molecule has 202 valence electrons. The fourth-order valence-corrected chi connectivity index (χ4v) is 6.41. The molecular weight excluding hydrogens is 552 g/mol. The third-order valence-corrected chi connectivity index (χ3v) is 8.46. The minimum Gasteiger partial charge on any atom is -0.393 e. The number of ketones is 1. The van der Waals surface area contributed by atoms with E-state index in [1.165, 1.54) is 29.4 Å². The lowest BCUT2D eigenvalue weighted by molar-refractivity contribution is 0.0844. The lowest BCUT2D eigenvalue weighted by atomic mass is 9.96. The number of nitrogens with zero attached hydrogens (tertiary/aromatic N) is 2. The Kier molecular flexibility index (Phi) is 8.10. The zero-order valence-electron chi connectivity index (χ0n) is 20.2. The summed E-state index contributed by atoms with van der Waals surface area (Å²) < 4.78 is 33.0. The van der Waals surface area contributed by atoms with E-state index < -0.39 is 22.3 Å². The van der Waals surface area contributed by atoms with Gasteiger partial charge in [-0.15, -0.1) is 11.3 Å². The number of ether oxygens (including phenoxy) is 1. The molecule has 0 radical (unpaired) electrons. The first-order valence-corrected chi connectivity index (χ1v) is 14.9. The second-order valence-electron chi connectivity index (χ2n) is 9.47. The molecule has 0 bridgehead atoms. The Morgan fingerprint density at radius 3 is 2.97 bits per heavy atom. The molecule has 10 nitrogen and oxygen atoms in total. The largest absolute Gasteiger partial charge is 0.393 e. The van der Waals surface area contributed by atoms with Gasteiger partial charge < -0.3 is 15.2 Å². The molecular formula is C25H27ClN4O6S2. The number of carbonyl (C=O) groups excluding carboxylic acids is 1. The molecule has 3 heterocycles. The molecule has 2 aromatic heterocycles. The van der Waals surface area contributed by atoms with E-state index in [0.717, 1.165) is 24.0 Å². The second kappa shape index (κ2) is 11.3. The van der Waals surface area contributed by atoms with Crippen LogP contribution in [-0.2, 0) is 25.6 Å². The summed E-state index contributed by atoms with van der Waals surface area (Å²) in [6, 6.07) is 7.43. The highest BCUT2D eigenvalue weighted by Crippen LogP contribution is 2.37. The molecule has 0 unspecified atom stereocenters. The maximum atomic E-state index is 13.5. The van der Waals surface area contributed by atoms with Crippen molar-refractivity contribution in [3.63, 3.8) is 0 Å². The van der Waals surface area contributed by atoms with Gasteiger partial charge in [-0.25, -0.2) is 15.1 Å². The SMILES string of the molecule is NS(=O)(=O)OC[C@H]1C[C@@H](Nc2ncncc2C(=O)c2cc([C@H]3OCCCc4ccc(Cl)cc43)cs2)C[C@@H]1O. The average molecular weight is 579 g/mol. The number of aromatic nitrogens is 2. The number of aliphatic hydroxyl groups excluding tert-OH is 1. The first-order valence-electron chi connectivity index (χ1n) is 12.1. The number of nitrogens with two attached hydrogens (primary N) is 1. The van der Waals surface area contributed by atoms with Crippen LogP contribution >= 0.6 is 22.9 Å². The summed E-state index contributed by atoms with van der Waals surface area (Å²) in [5.74, 6) is -0.326. The van der Waals surface area contributed by atoms with Crippen LogP contribution in [0.4, 0.5) is 5.82 Å². The predicted octanol–water partition coefficient (Wildman–Crippen LogP) is 3.25. The number of nitrogens with one attached hydrogen (secondary N) is 1. The highest BCUT2D eigenvalue weighted by Gasteiger charge is 2.35. The van der Waals surface area contributed by atoms with E-state index in [-0.39, 0.29) is 24.5 Å². The van der Waals surface area contributed by atoms with Crippen molar-refractivity contribution in [2.75, 3.05) is 18.5 Å². The molecule has 1 aliphatic carbocycles. The second-order valence-corrected chi connectivity index (χ2v) is 12.0. The number of halogens is 1. The van der Waals surface area contributed by atoms with Crippen molar-refractivity contribution < 1.29 is 27.2 Å².